The Hall–Kier alpha value is -2.37. The van der Waals surface area contributed by atoms with Gasteiger partial charge in [0.15, 0.2) is 0 Å². The monoisotopic (exact) mass is 292 g/mol. The molecule has 0 heterocycles. The van der Waals surface area contributed by atoms with Crippen LogP contribution in [0, 0.1) is 5.92 Å². The molecular weight excluding hydrogens is 272 g/mol. The summed E-state index contributed by atoms with van der Waals surface area (Å²) in [5, 5.41) is 14.0. The summed E-state index contributed by atoms with van der Waals surface area (Å²) < 4.78 is 0. The highest BCUT2D eigenvalue weighted by molar-refractivity contribution is 5.88. The molecule has 0 aliphatic rings. The van der Waals surface area contributed by atoms with Crippen molar-refractivity contribution in [1.82, 2.24) is 5.32 Å². The zero-order valence-corrected chi connectivity index (χ0v) is 12.2. The van der Waals surface area contributed by atoms with Crippen LogP contribution in [-0.4, -0.2) is 22.9 Å². The molecule has 1 atom stereocenters. The second-order valence-electron chi connectivity index (χ2n) is 5.06. The minimum atomic E-state index is -0.899. The quantitative estimate of drug-likeness (QED) is 0.713. The van der Waals surface area contributed by atoms with Crippen molar-refractivity contribution in [2.45, 2.75) is 33.2 Å². The normalized spacial score (nSPS) is 11.5. The first-order valence-electron chi connectivity index (χ1n) is 6.72. The molecular formula is C15H20N2O4. The molecule has 0 fully saturated rings. The summed E-state index contributed by atoms with van der Waals surface area (Å²) in [6, 6.07) is 7.14. The zero-order valence-electron chi connectivity index (χ0n) is 12.2. The van der Waals surface area contributed by atoms with E-state index in [1.54, 1.807) is 19.1 Å². The van der Waals surface area contributed by atoms with Crippen LogP contribution in [-0.2, 0) is 20.9 Å². The van der Waals surface area contributed by atoms with Gasteiger partial charge >= 0.3 is 5.97 Å². The maximum atomic E-state index is 11.7. The van der Waals surface area contributed by atoms with Crippen molar-refractivity contribution in [3.63, 3.8) is 0 Å². The van der Waals surface area contributed by atoms with Crippen molar-refractivity contribution in [2.24, 2.45) is 5.92 Å². The smallest absolute Gasteiger partial charge is 0.303 e. The first-order valence-corrected chi connectivity index (χ1v) is 6.72. The van der Waals surface area contributed by atoms with E-state index in [9.17, 15) is 14.4 Å². The van der Waals surface area contributed by atoms with E-state index in [1.807, 2.05) is 12.1 Å². The van der Waals surface area contributed by atoms with E-state index in [0.717, 1.165) is 5.56 Å². The van der Waals surface area contributed by atoms with Gasteiger partial charge in [0.1, 0.15) is 0 Å². The Labute approximate surface area is 123 Å². The molecule has 0 aliphatic heterocycles. The number of amides is 2. The lowest BCUT2D eigenvalue weighted by Gasteiger charge is -2.10. The highest BCUT2D eigenvalue weighted by Gasteiger charge is 2.12. The van der Waals surface area contributed by atoms with Crippen molar-refractivity contribution < 1.29 is 19.5 Å². The molecule has 21 heavy (non-hydrogen) atoms. The SMILES string of the molecule is CC(=O)Nc1ccc(CNC(=O)CC(C)CC(=O)O)cc1. The van der Waals surface area contributed by atoms with Crippen LogP contribution in [0.15, 0.2) is 24.3 Å². The number of carboxylic acids is 1. The van der Waals surface area contributed by atoms with E-state index < -0.39 is 5.97 Å². The number of nitrogens with one attached hydrogen (secondary N) is 2. The Morgan fingerprint density at radius 1 is 1.14 bits per heavy atom. The fourth-order valence-electron chi connectivity index (χ4n) is 1.87. The second kappa shape index (κ2) is 8.04. The van der Waals surface area contributed by atoms with Crippen molar-refractivity contribution in [2.75, 3.05) is 5.32 Å². The number of benzene rings is 1. The number of aliphatic carboxylic acids is 1. The van der Waals surface area contributed by atoms with Crippen molar-refractivity contribution in [3.05, 3.63) is 29.8 Å². The van der Waals surface area contributed by atoms with Gasteiger partial charge in [-0.3, -0.25) is 14.4 Å². The minimum absolute atomic E-state index is 0.0150. The van der Waals surface area contributed by atoms with Crippen LogP contribution in [0.2, 0.25) is 0 Å². The molecule has 6 heteroatoms. The number of carboxylic acid groups (broad SMARTS) is 1. The van der Waals surface area contributed by atoms with Crippen LogP contribution in [0.3, 0.4) is 0 Å². The summed E-state index contributed by atoms with van der Waals surface area (Å²) in [6.45, 7) is 3.54. The van der Waals surface area contributed by atoms with Gasteiger partial charge < -0.3 is 15.7 Å². The molecule has 1 rings (SSSR count). The predicted molar refractivity (Wildman–Crippen MR) is 78.6 cm³/mol. The molecule has 0 bridgehead atoms. The summed E-state index contributed by atoms with van der Waals surface area (Å²) in [7, 11) is 0. The lowest BCUT2D eigenvalue weighted by Crippen LogP contribution is -2.25. The van der Waals surface area contributed by atoms with E-state index in [4.69, 9.17) is 5.11 Å². The predicted octanol–water partition coefficient (Wildman–Crippen LogP) is 1.76. The molecule has 0 spiro atoms. The molecule has 1 aromatic rings. The lowest BCUT2D eigenvalue weighted by atomic mass is 10.0. The van der Waals surface area contributed by atoms with Crippen LogP contribution in [0.1, 0.15) is 32.3 Å². The largest absolute Gasteiger partial charge is 0.481 e. The Morgan fingerprint density at radius 2 is 1.76 bits per heavy atom. The number of hydrogen-bond acceptors (Lipinski definition) is 3. The first-order chi connectivity index (χ1) is 9.86. The lowest BCUT2D eigenvalue weighted by molar-refractivity contribution is -0.138. The number of carbonyl (C=O) groups excluding carboxylic acids is 2. The molecule has 0 saturated heterocycles. The van der Waals surface area contributed by atoms with E-state index in [2.05, 4.69) is 10.6 Å². The summed E-state index contributed by atoms with van der Waals surface area (Å²) in [5.41, 5.74) is 1.61. The third-order valence-corrected chi connectivity index (χ3v) is 2.82. The minimum Gasteiger partial charge on any atom is -0.481 e. The van der Waals surface area contributed by atoms with Crippen LogP contribution in [0.25, 0.3) is 0 Å². The molecule has 0 aromatic heterocycles. The first kappa shape index (κ1) is 16.7. The van der Waals surface area contributed by atoms with Crippen LogP contribution >= 0.6 is 0 Å². The third-order valence-electron chi connectivity index (χ3n) is 2.82. The highest BCUT2D eigenvalue weighted by Crippen LogP contribution is 2.10. The zero-order chi connectivity index (χ0) is 15.8. The third kappa shape index (κ3) is 7.10. The molecule has 0 aliphatic carbocycles. The standard InChI is InChI=1S/C15H20N2O4/c1-10(8-15(20)21)7-14(19)16-9-12-3-5-13(6-4-12)17-11(2)18/h3-6,10H,7-9H2,1-2H3,(H,16,19)(H,17,18)(H,20,21). The van der Waals surface area contributed by atoms with E-state index in [1.165, 1.54) is 6.92 Å². The number of carbonyl (C=O) groups is 3. The Kier molecular flexibility index (Phi) is 6.39. The average molecular weight is 292 g/mol. The van der Waals surface area contributed by atoms with Crippen LogP contribution < -0.4 is 10.6 Å². The fraction of sp³-hybridized carbons (Fsp3) is 0.400. The molecule has 3 N–H and O–H groups in total. The van der Waals surface area contributed by atoms with E-state index in [-0.39, 0.29) is 30.6 Å². The molecule has 114 valence electrons. The second-order valence-corrected chi connectivity index (χ2v) is 5.06. The number of rotatable bonds is 7. The maximum absolute atomic E-state index is 11.7. The Morgan fingerprint density at radius 3 is 2.29 bits per heavy atom. The number of anilines is 1. The molecule has 2 amide bonds. The van der Waals surface area contributed by atoms with Crippen LogP contribution in [0.4, 0.5) is 5.69 Å². The molecule has 6 nitrogen and oxygen atoms in total. The summed E-state index contributed by atoms with van der Waals surface area (Å²) in [4.78, 5) is 33.1. The van der Waals surface area contributed by atoms with Crippen molar-refractivity contribution >= 4 is 23.5 Å². The van der Waals surface area contributed by atoms with Gasteiger partial charge in [-0.15, -0.1) is 0 Å². The maximum Gasteiger partial charge on any atom is 0.303 e. The van der Waals surface area contributed by atoms with Gasteiger partial charge in [0.05, 0.1) is 0 Å². The van der Waals surface area contributed by atoms with Gasteiger partial charge in [-0.25, -0.2) is 0 Å². The Bertz CT molecular complexity index is 511. The van der Waals surface area contributed by atoms with Crippen molar-refractivity contribution in [1.29, 1.82) is 0 Å². The fourth-order valence-corrected chi connectivity index (χ4v) is 1.87. The molecule has 1 unspecified atom stereocenters. The van der Waals surface area contributed by atoms with Gasteiger partial charge in [0.2, 0.25) is 11.8 Å². The van der Waals surface area contributed by atoms with Gasteiger partial charge in [-0.2, -0.15) is 0 Å². The summed E-state index contributed by atoms with van der Waals surface area (Å²) in [5.74, 6) is -1.40. The summed E-state index contributed by atoms with van der Waals surface area (Å²) in [6.07, 6.45) is 0.176. The summed E-state index contributed by atoms with van der Waals surface area (Å²) >= 11 is 0. The number of hydrogen-bond donors (Lipinski definition) is 3. The van der Waals surface area contributed by atoms with Gasteiger partial charge in [0.25, 0.3) is 0 Å². The molecule has 0 radical (unpaired) electrons. The molecule has 0 saturated carbocycles. The average Bonchev–Trinajstić information content (AvgIpc) is 2.36. The van der Waals surface area contributed by atoms with Crippen molar-refractivity contribution in [3.8, 4) is 0 Å². The van der Waals surface area contributed by atoms with E-state index in [0.29, 0.717) is 12.2 Å². The van der Waals surface area contributed by atoms with Gasteiger partial charge in [-0.05, 0) is 23.6 Å². The Balaban J connectivity index is 2.39. The topological polar surface area (TPSA) is 95.5 Å². The van der Waals surface area contributed by atoms with Crippen LogP contribution in [0.5, 0.6) is 0 Å². The van der Waals surface area contributed by atoms with Gasteiger partial charge in [-0.1, -0.05) is 19.1 Å². The van der Waals surface area contributed by atoms with Gasteiger partial charge in [0, 0.05) is 32.0 Å². The highest BCUT2D eigenvalue weighted by atomic mass is 16.4. The van der Waals surface area contributed by atoms with E-state index >= 15 is 0 Å². The molecule has 1 aromatic carbocycles.